The van der Waals surface area contributed by atoms with E-state index in [1.807, 2.05) is 6.92 Å². The van der Waals surface area contributed by atoms with E-state index in [0.717, 1.165) is 38.6 Å². The van der Waals surface area contributed by atoms with Gasteiger partial charge in [0.2, 0.25) is 0 Å². The second-order valence-corrected chi connectivity index (χ2v) is 4.81. The van der Waals surface area contributed by atoms with E-state index in [4.69, 9.17) is 4.74 Å². The molecule has 0 aliphatic rings. The summed E-state index contributed by atoms with van der Waals surface area (Å²) in [4.78, 5) is 11.1. The van der Waals surface area contributed by atoms with Gasteiger partial charge in [-0.2, -0.15) is 0 Å². The highest BCUT2D eigenvalue weighted by Crippen LogP contribution is 2.13. The van der Waals surface area contributed by atoms with Gasteiger partial charge in [0.15, 0.2) is 0 Å². The topological polar surface area (TPSA) is 38.3 Å². The van der Waals surface area contributed by atoms with Crippen LogP contribution in [0.4, 0.5) is 0 Å². The van der Waals surface area contributed by atoms with Crippen molar-refractivity contribution in [1.29, 1.82) is 0 Å². The molecule has 0 atom stereocenters. The predicted molar refractivity (Wildman–Crippen MR) is 72.1 cm³/mol. The van der Waals surface area contributed by atoms with Gasteiger partial charge < -0.3 is 10.1 Å². The van der Waals surface area contributed by atoms with Crippen molar-refractivity contribution in [3.8, 4) is 0 Å². The first-order valence-corrected chi connectivity index (χ1v) is 6.98. The summed E-state index contributed by atoms with van der Waals surface area (Å²) in [6.07, 6.45) is 6.05. The first-order chi connectivity index (χ1) is 8.08. The molecule has 0 aliphatic carbocycles. The summed E-state index contributed by atoms with van der Waals surface area (Å²) in [6, 6.07) is 0. The molecule has 0 rings (SSSR count). The van der Waals surface area contributed by atoms with Crippen LogP contribution >= 0.6 is 0 Å². The van der Waals surface area contributed by atoms with E-state index in [-0.39, 0.29) is 11.5 Å². The van der Waals surface area contributed by atoms with Crippen LogP contribution in [0.5, 0.6) is 0 Å². The van der Waals surface area contributed by atoms with Crippen LogP contribution in [-0.4, -0.2) is 24.7 Å². The van der Waals surface area contributed by atoms with Crippen LogP contribution in [0.2, 0.25) is 0 Å². The van der Waals surface area contributed by atoms with E-state index in [1.54, 1.807) is 0 Å². The first kappa shape index (κ1) is 16.4. The Morgan fingerprint density at radius 2 is 1.76 bits per heavy atom. The van der Waals surface area contributed by atoms with E-state index < -0.39 is 0 Å². The zero-order valence-electron chi connectivity index (χ0n) is 12.0. The summed E-state index contributed by atoms with van der Waals surface area (Å²) < 4.78 is 4.88. The highest BCUT2D eigenvalue weighted by Gasteiger charge is 2.17. The predicted octanol–water partition coefficient (Wildman–Crippen LogP) is 3.28. The molecule has 0 saturated heterocycles. The Kier molecular flexibility index (Phi) is 9.14. The average Bonchev–Trinajstić information content (AvgIpc) is 2.33. The maximum absolute atomic E-state index is 11.1. The van der Waals surface area contributed by atoms with Gasteiger partial charge in [0.1, 0.15) is 0 Å². The van der Waals surface area contributed by atoms with Gasteiger partial charge >= 0.3 is 5.97 Å². The van der Waals surface area contributed by atoms with Crippen LogP contribution in [0.3, 0.4) is 0 Å². The number of ether oxygens (including phenoxy) is 1. The number of unbranched alkanes of at least 4 members (excludes halogenated alkanes) is 2. The maximum atomic E-state index is 11.1. The third-order valence-electron chi connectivity index (χ3n) is 3.48. The van der Waals surface area contributed by atoms with Gasteiger partial charge in [0.25, 0.3) is 0 Å². The molecule has 0 fully saturated rings. The van der Waals surface area contributed by atoms with Crippen molar-refractivity contribution in [3.63, 3.8) is 0 Å². The Morgan fingerprint density at radius 1 is 1.12 bits per heavy atom. The van der Waals surface area contributed by atoms with Crippen molar-refractivity contribution in [1.82, 2.24) is 5.32 Å². The van der Waals surface area contributed by atoms with Crippen molar-refractivity contribution in [2.75, 3.05) is 13.2 Å². The number of esters is 1. The number of carbonyl (C=O) groups is 1. The molecular weight excluding hydrogens is 214 g/mol. The highest BCUT2D eigenvalue weighted by molar-refractivity contribution is 5.69. The molecule has 0 bridgehead atoms. The normalized spacial score (nSPS) is 11.5. The molecule has 1 N–H and O–H groups in total. The lowest BCUT2D eigenvalue weighted by molar-refractivity contribution is -0.143. The maximum Gasteiger partial charge on any atom is 0.305 e. The van der Waals surface area contributed by atoms with E-state index in [9.17, 15) is 4.79 Å². The van der Waals surface area contributed by atoms with Crippen LogP contribution in [0.15, 0.2) is 0 Å². The molecule has 0 spiro atoms. The SMILES string of the molecule is CCOC(=O)CCCCCNC(C)(CC)CC. The highest BCUT2D eigenvalue weighted by atomic mass is 16.5. The second kappa shape index (κ2) is 9.46. The third kappa shape index (κ3) is 8.19. The molecule has 0 aromatic heterocycles. The Balaban J connectivity index is 3.43. The van der Waals surface area contributed by atoms with Crippen molar-refractivity contribution in [3.05, 3.63) is 0 Å². The van der Waals surface area contributed by atoms with Crippen molar-refractivity contribution >= 4 is 5.97 Å². The van der Waals surface area contributed by atoms with Crippen LogP contribution in [-0.2, 0) is 9.53 Å². The van der Waals surface area contributed by atoms with Crippen LogP contribution in [0.25, 0.3) is 0 Å². The molecule has 0 aliphatic heterocycles. The Bertz CT molecular complexity index is 200. The van der Waals surface area contributed by atoms with Gasteiger partial charge in [0.05, 0.1) is 6.61 Å². The average molecular weight is 243 g/mol. The third-order valence-corrected chi connectivity index (χ3v) is 3.48. The van der Waals surface area contributed by atoms with E-state index >= 15 is 0 Å². The van der Waals surface area contributed by atoms with E-state index in [0.29, 0.717) is 13.0 Å². The molecule has 0 aromatic carbocycles. The van der Waals surface area contributed by atoms with Gasteiger partial charge in [0, 0.05) is 12.0 Å². The van der Waals surface area contributed by atoms with Crippen LogP contribution < -0.4 is 5.32 Å². The molecule has 17 heavy (non-hydrogen) atoms. The second-order valence-electron chi connectivity index (χ2n) is 4.81. The van der Waals surface area contributed by atoms with Gasteiger partial charge in [-0.1, -0.05) is 20.3 Å². The lowest BCUT2D eigenvalue weighted by Gasteiger charge is -2.28. The zero-order chi connectivity index (χ0) is 13.1. The Morgan fingerprint density at radius 3 is 2.29 bits per heavy atom. The summed E-state index contributed by atoms with van der Waals surface area (Å²) >= 11 is 0. The van der Waals surface area contributed by atoms with E-state index in [2.05, 4.69) is 26.1 Å². The molecule has 3 nitrogen and oxygen atoms in total. The molecule has 0 radical (unpaired) electrons. The Labute approximate surface area is 106 Å². The lowest BCUT2D eigenvalue weighted by Crippen LogP contribution is -2.41. The van der Waals surface area contributed by atoms with Crippen molar-refractivity contribution in [2.24, 2.45) is 0 Å². The fourth-order valence-electron chi connectivity index (χ4n) is 1.69. The number of hydrogen-bond acceptors (Lipinski definition) is 3. The summed E-state index contributed by atoms with van der Waals surface area (Å²) in [5.74, 6) is -0.0626. The van der Waals surface area contributed by atoms with Crippen molar-refractivity contribution in [2.45, 2.75) is 71.8 Å². The number of hydrogen-bond donors (Lipinski definition) is 1. The van der Waals surface area contributed by atoms with Gasteiger partial charge in [-0.25, -0.2) is 0 Å². The summed E-state index contributed by atoms with van der Waals surface area (Å²) in [6.45, 7) is 10.1. The minimum atomic E-state index is -0.0626. The van der Waals surface area contributed by atoms with Crippen molar-refractivity contribution < 1.29 is 9.53 Å². The summed E-state index contributed by atoms with van der Waals surface area (Å²) in [5, 5.41) is 3.59. The molecule has 3 heteroatoms. The standard InChI is InChI=1S/C14H29NO2/c1-5-14(4,6-2)15-12-10-8-9-11-13(16)17-7-3/h15H,5-12H2,1-4H3. The first-order valence-electron chi connectivity index (χ1n) is 6.98. The molecule has 102 valence electrons. The quantitative estimate of drug-likeness (QED) is 0.473. The monoisotopic (exact) mass is 243 g/mol. The molecule has 0 amide bonds. The zero-order valence-corrected chi connectivity index (χ0v) is 12.0. The van der Waals surface area contributed by atoms with Gasteiger partial charge in [-0.05, 0) is 46.1 Å². The number of rotatable bonds is 10. The molecular formula is C14H29NO2. The van der Waals surface area contributed by atoms with E-state index in [1.165, 1.54) is 0 Å². The number of nitrogens with one attached hydrogen (secondary N) is 1. The fraction of sp³-hybridized carbons (Fsp3) is 0.929. The minimum absolute atomic E-state index is 0.0626. The molecule has 0 heterocycles. The molecule has 0 unspecified atom stereocenters. The smallest absolute Gasteiger partial charge is 0.305 e. The lowest BCUT2D eigenvalue weighted by atomic mass is 9.95. The summed E-state index contributed by atoms with van der Waals surface area (Å²) in [5.41, 5.74) is 0.279. The fourth-order valence-corrected chi connectivity index (χ4v) is 1.69. The van der Waals surface area contributed by atoms with Crippen LogP contribution in [0, 0.1) is 0 Å². The van der Waals surface area contributed by atoms with Gasteiger partial charge in [-0.3, -0.25) is 4.79 Å². The minimum Gasteiger partial charge on any atom is -0.466 e. The molecule has 0 aromatic rings. The largest absolute Gasteiger partial charge is 0.466 e. The Hall–Kier alpha value is -0.570. The summed E-state index contributed by atoms with van der Waals surface area (Å²) in [7, 11) is 0. The van der Waals surface area contributed by atoms with Crippen LogP contribution in [0.1, 0.15) is 66.2 Å². The number of carbonyl (C=O) groups excluding carboxylic acids is 1. The van der Waals surface area contributed by atoms with Gasteiger partial charge in [-0.15, -0.1) is 0 Å². The molecule has 0 saturated carbocycles.